The Morgan fingerprint density at radius 2 is 1.89 bits per heavy atom. The highest BCUT2D eigenvalue weighted by atomic mass is 19.3. The van der Waals surface area contributed by atoms with Crippen LogP contribution in [-0.4, -0.2) is 23.4 Å². The Morgan fingerprint density at radius 3 is 2.37 bits per heavy atom. The molecule has 2 rings (SSSR count). The molecule has 1 aromatic carbocycles. The van der Waals surface area contributed by atoms with E-state index in [-0.39, 0.29) is 11.8 Å². The number of aryl methyl sites for hydroxylation is 1. The number of halogens is 2. The first-order valence-electron chi connectivity index (χ1n) is 5.80. The third-order valence-electron chi connectivity index (χ3n) is 2.79. The Kier molecular flexibility index (Phi) is 4.11. The summed E-state index contributed by atoms with van der Waals surface area (Å²) in [7, 11) is 3.68. The van der Waals surface area contributed by atoms with Crippen molar-refractivity contribution in [1.29, 1.82) is 0 Å². The topological polar surface area (TPSA) is 39.1 Å². The van der Waals surface area contributed by atoms with E-state index in [0.29, 0.717) is 0 Å². The zero-order chi connectivity index (χ0) is 13.8. The summed E-state index contributed by atoms with van der Waals surface area (Å²) in [5.41, 5.74) is 1.96. The first-order valence-corrected chi connectivity index (χ1v) is 5.80. The predicted molar refractivity (Wildman–Crippen MR) is 67.2 cm³/mol. The molecule has 0 bridgehead atoms. The summed E-state index contributed by atoms with van der Waals surface area (Å²) in [4.78, 5) is 0. The lowest BCUT2D eigenvalue weighted by Gasteiger charge is -2.15. The Hall–Kier alpha value is -1.95. The Bertz CT molecular complexity index is 525. The Labute approximate surface area is 110 Å². The van der Waals surface area contributed by atoms with Crippen LogP contribution in [0.1, 0.15) is 17.2 Å². The van der Waals surface area contributed by atoms with Gasteiger partial charge in [0.05, 0.1) is 12.2 Å². The van der Waals surface area contributed by atoms with Gasteiger partial charge in [0.15, 0.2) is 0 Å². The summed E-state index contributed by atoms with van der Waals surface area (Å²) in [5, 5.41) is 7.29. The minimum absolute atomic E-state index is 0.0331. The van der Waals surface area contributed by atoms with Crippen LogP contribution >= 0.6 is 0 Å². The molecule has 0 saturated carbocycles. The lowest BCUT2D eigenvalue weighted by atomic mass is 10.0. The van der Waals surface area contributed by atoms with Crippen molar-refractivity contribution in [3.05, 3.63) is 47.8 Å². The molecule has 2 aromatic rings. The number of ether oxygens (including phenoxy) is 1. The maximum atomic E-state index is 12.1. The molecule has 1 aromatic heterocycles. The zero-order valence-corrected chi connectivity index (χ0v) is 10.7. The second kappa shape index (κ2) is 5.79. The predicted octanol–water partition coefficient (Wildman–Crippen LogP) is 2.33. The van der Waals surface area contributed by atoms with E-state index < -0.39 is 6.61 Å². The number of nitrogens with one attached hydrogen (secondary N) is 1. The maximum absolute atomic E-state index is 12.1. The molecule has 102 valence electrons. The minimum Gasteiger partial charge on any atom is -0.435 e. The van der Waals surface area contributed by atoms with Crippen LogP contribution in [0.4, 0.5) is 8.78 Å². The number of alkyl halides is 2. The van der Waals surface area contributed by atoms with Gasteiger partial charge < -0.3 is 10.1 Å². The normalized spacial score (nSPS) is 12.7. The smallest absolute Gasteiger partial charge is 0.387 e. The fourth-order valence-corrected chi connectivity index (χ4v) is 1.96. The summed E-state index contributed by atoms with van der Waals surface area (Å²) < 4.78 is 30.2. The fraction of sp³-hybridized carbons (Fsp3) is 0.308. The second-order valence-corrected chi connectivity index (χ2v) is 4.12. The van der Waals surface area contributed by atoms with Crippen molar-refractivity contribution in [2.24, 2.45) is 7.05 Å². The molecule has 0 spiro atoms. The first-order chi connectivity index (χ1) is 9.10. The van der Waals surface area contributed by atoms with E-state index in [1.807, 2.05) is 20.3 Å². The molecular formula is C13H15F2N3O. The highest BCUT2D eigenvalue weighted by Gasteiger charge is 2.14. The van der Waals surface area contributed by atoms with E-state index in [1.54, 1.807) is 23.0 Å². The molecular weight excluding hydrogens is 252 g/mol. The quantitative estimate of drug-likeness (QED) is 0.903. The van der Waals surface area contributed by atoms with Gasteiger partial charge in [0.25, 0.3) is 0 Å². The van der Waals surface area contributed by atoms with Crippen molar-refractivity contribution >= 4 is 0 Å². The summed E-state index contributed by atoms with van der Waals surface area (Å²) in [6.07, 6.45) is 3.68. The van der Waals surface area contributed by atoms with Crippen LogP contribution < -0.4 is 10.1 Å². The molecule has 19 heavy (non-hydrogen) atoms. The van der Waals surface area contributed by atoms with E-state index in [4.69, 9.17) is 0 Å². The van der Waals surface area contributed by atoms with Crippen LogP contribution in [0.2, 0.25) is 0 Å². The van der Waals surface area contributed by atoms with E-state index in [0.717, 1.165) is 11.1 Å². The average molecular weight is 267 g/mol. The number of hydrogen-bond acceptors (Lipinski definition) is 3. The first kappa shape index (κ1) is 13.5. The second-order valence-electron chi connectivity index (χ2n) is 4.12. The number of benzene rings is 1. The molecule has 1 unspecified atom stereocenters. The van der Waals surface area contributed by atoms with Crippen LogP contribution in [0.15, 0.2) is 36.7 Å². The van der Waals surface area contributed by atoms with Gasteiger partial charge in [-0.2, -0.15) is 13.9 Å². The average Bonchev–Trinajstić information content (AvgIpc) is 2.78. The lowest BCUT2D eigenvalue weighted by molar-refractivity contribution is -0.0498. The molecule has 0 saturated heterocycles. The molecule has 1 heterocycles. The molecule has 6 heteroatoms. The molecule has 4 nitrogen and oxygen atoms in total. The Morgan fingerprint density at radius 1 is 1.21 bits per heavy atom. The van der Waals surface area contributed by atoms with Crippen LogP contribution in [0.5, 0.6) is 5.75 Å². The van der Waals surface area contributed by atoms with E-state index >= 15 is 0 Å². The van der Waals surface area contributed by atoms with Gasteiger partial charge >= 0.3 is 6.61 Å². The summed E-state index contributed by atoms with van der Waals surface area (Å²) >= 11 is 0. The summed E-state index contributed by atoms with van der Waals surface area (Å²) in [6, 6.07) is 6.54. The number of rotatable bonds is 5. The molecule has 0 amide bonds. The zero-order valence-electron chi connectivity index (χ0n) is 10.7. The van der Waals surface area contributed by atoms with Crippen molar-refractivity contribution in [2.45, 2.75) is 12.7 Å². The van der Waals surface area contributed by atoms with Crippen molar-refractivity contribution in [3.63, 3.8) is 0 Å². The fourth-order valence-electron chi connectivity index (χ4n) is 1.96. The molecule has 1 N–H and O–H groups in total. The molecule has 1 atom stereocenters. The van der Waals surface area contributed by atoms with Gasteiger partial charge in [-0.1, -0.05) is 12.1 Å². The van der Waals surface area contributed by atoms with E-state index in [2.05, 4.69) is 15.2 Å². The van der Waals surface area contributed by atoms with Gasteiger partial charge in [0, 0.05) is 18.8 Å². The number of nitrogens with zero attached hydrogens (tertiary/aromatic N) is 2. The van der Waals surface area contributed by atoms with Crippen LogP contribution in [0.25, 0.3) is 0 Å². The molecule has 0 aliphatic heterocycles. The number of hydrogen-bond donors (Lipinski definition) is 1. The van der Waals surface area contributed by atoms with Gasteiger partial charge in [-0.05, 0) is 24.7 Å². The van der Waals surface area contributed by atoms with E-state index in [1.165, 1.54) is 12.1 Å². The van der Waals surface area contributed by atoms with Crippen molar-refractivity contribution in [2.75, 3.05) is 7.05 Å². The van der Waals surface area contributed by atoms with Crippen molar-refractivity contribution in [1.82, 2.24) is 15.1 Å². The van der Waals surface area contributed by atoms with Gasteiger partial charge in [-0.25, -0.2) is 0 Å². The summed E-state index contributed by atoms with van der Waals surface area (Å²) in [6.45, 7) is -2.80. The van der Waals surface area contributed by atoms with E-state index in [9.17, 15) is 8.78 Å². The van der Waals surface area contributed by atoms with Crippen LogP contribution in [0.3, 0.4) is 0 Å². The SMILES string of the molecule is CNC(c1ccc(OC(F)F)cc1)c1cnn(C)c1. The number of aromatic nitrogens is 2. The Balaban J connectivity index is 2.19. The highest BCUT2D eigenvalue weighted by molar-refractivity contribution is 5.34. The molecule has 0 aliphatic rings. The van der Waals surface area contributed by atoms with Gasteiger partial charge in [-0.15, -0.1) is 0 Å². The van der Waals surface area contributed by atoms with Crippen LogP contribution in [0, 0.1) is 0 Å². The third-order valence-corrected chi connectivity index (χ3v) is 2.79. The maximum Gasteiger partial charge on any atom is 0.387 e. The highest BCUT2D eigenvalue weighted by Crippen LogP contribution is 2.24. The largest absolute Gasteiger partial charge is 0.435 e. The standard InChI is InChI=1S/C13H15F2N3O/c1-16-12(10-7-17-18(2)8-10)9-3-5-11(6-4-9)19-13(14)15/h3-8,12-13,16H,1-2H3. The summed E-state index contributed by atoms with van der Waals surface area (Å²) in [5.74, 6) is 0.153. The molecule has 0 radical (unpaired) electrons. The lowest BCUT2D eigenvalue weighted by Crippen LogP contribution is -2.17. The minimum atomic E-state index is -2.80. The monoisotopic (exact) mass is 267 g/mol. The molecule has 0 fully saturated rings. The van der Waals surface area contributed by atoms with Crippen LogP contribution in [-0.2, 0) is 7.05 Å². The molecule has 0 aliphatic carbocycles. The third kappa shape index (κ3) is 3.29. The van der Waals surface area contributed by atoms with Gasteiger partial charge in [0.1, 0.15) is 5.75 Å². The van der Waals surface area contributed by atoms with Crippen molar-refractivity contribution in [3.8, 4) is 5.75 Å². The van der Waals surface area contributed by atoms with Gasteiger partial charge in [0.2, 0.25) is 0 Å². The van der Waals surface area contributed by atoms with Gasteiger partial charge in [-0.3, -0.25) is 4.68 Å². The van der Waals surface area contributed by atoms with Crippen molar-refractivity contribution < 1.29 is 13.5 Å².